The van der Waals surface area contributed by atoms with E-state index in [1.165, 1.54) is 6.42 Å². The third kappa shape index (κ3) is 12.2. The van der Waals surface area contributed by atoms with Crippen LogP contribution in [0.2, 0.25) is 0 Å². The highest BCUT2D eigenvalue weighted by Crippen LogP contribution is 2.43. The van der Waals surface area contributed by atoms with Crippen molar-refractivity contribution in [2.75, 3.05) is 0 Å². The van der Waals surface area contributed by atoms with Gasteiger partial charge in [0.05, 0.1) is 5.56 Å². The number of hydrogen-bond acceptors (Lipinski definition) is 6. The minimum Gasteiger partial charge on any atom is -0.508 e. The van der Waals surface area contributed by atoms with Gasteiger partial charge in [0.25, 0.3) is 0 Å². The summed E-state index contributed by atoms with van der Waals surface area (Å²) in [5.41, 5.74) is 5.32. The van der Waals surface area contributed by atoms with Crippen molar-refractivity contribution in [2.24, 2.45) is 11.8 Å². The molecule has 0 bridgehead atoms. The number of aromatic hydroxyl groups is 2. The van der Waals surface area contributed by atoms with Crippen molar-refractivity contribution in [2.45, 2.75) is 145 Å². The smallest absolute Gasteiger partial charge is 0.423 e. The Morgan fingerprint density at radius 2 is 1.24 bits per heavy atom. The van der Waals surface area contributed by atoms with E-state index in [0.717, 1.165) is 92.0 Å². The van der Waals surface area contributed by atoms with Crippen LogP contribution in [0.25, 0.3) is 11.1 Å². The van der Waals surface area contributed by atoms with E-state index in [1.807, 2.05) is 25.1 Å². The molecule has 0 heterocycles. The molecular weight excluding hydrogens is 624 g/mol. The highest BCUT2D eigenvalue weighted by Gasteiger charge is 2.27. The summed E-state index contributed by atoms with van der Waals surface area (Å²) in [6.07, 6.45) is 12.2. The molecule has 50 heavy (non-hydrogen) atoms. The minimum atomic E-state index is -1.18. The van der Waals surface area contributed by atoms with Gasteiger partial charge in [-0.1, -0.05) is 117 Å². The van der Waals surface area contributed by atoms with E-state index < -0.39 is 11.9 Å². The summed E-state index contributed by atoms with van der Waals surface area (Å²) in [6, 6.07) is 13.1. The molecule has 3 rings (SSSR count). The molecule has 2 N–H and O–H groups in total. The van der Waals surface area contributed by atoms with Crippen LogP contribution in [-0.2, 0) is 28.9 Å². The maximum atomic E-state index is 13.6. The number of ether oxygens (including phenoxy) is 2. The molecule has 0 amide bonds. The molecule has 274 valence electrons. The highest BCUT2D eigenvalue weighted by atomic mass is 16.6. The van der Waals surface area contributed by atoms with E-state index in [0.29, 0.717) is 35.8 Å². The van der Waals surface area contributed by atoms with Crippen LogP contribution in [0.1, 0.15) is 146 Å². The first kappa shape index (κ1) is 40.6. The molecule has 1 atom stereocenters. The average Bonchev–Trinajstić information content (AvgIpc) is 3.04. The summed E-state index contributed by atoms with van der Waals surface area (Å²) in [7, 11) is 0. The Labute approximate surface area is 301 Å². The Morgan fingerprint density at radius 3 is 1.82 bits per heavy atom. The van der Waals surface area contributed by atoms with Crippen molar-refractivity contribution in [3.05, 3.63) is 70.3 Å². The van der Waals surface area contributed by atoms with Crippen LogP contribution in [0.3, 0.4) is 0 Å². The maximum Gasteiger partial charge on any atom is 0.423 e. The van der Waals surface area contributed by atoms with E-state index in [2.05, 4.69) is 48.5 Å². The van der Waals surface area contributed by atoms with Gasteiger partial charge in [-0.2, -0.15) is 0 Å². The van der Waals surface area contributed by atoms with E-state index in [4.69, 9.17) is 9.47 Å². The van der Waals surface area contributed by atoms with Crippen molar-refractivity contribution >= 4 is 11.9 Å². The molecule has 0 aliphatic carbocycles. The second kappa shape index (κ2) is 20.1. The predicted molar refractivity (Wildman–Crippen MR) is 204 cm³/mol. The van der Waals surface area contributed by atoms with Gasteiger partial charge in [-0.05, 0) is 110 Å². The van der Waals surface area contributed by atoms with Gasteiger partial charge in [0.1, 0.15) is 23.0 Å². The summed E-state index contributed by atoms with van der Waals surface area (Å²) >= 11 is 0. The number of unbranched alkanes of at least 4 members (excludes halogenated alkanes) is 4. The molecule has 0 unspecified atom stereocenters. The Hall–Kier alpha value is -3.80. The Balaban J connectivity index is 1.95. The second-order valence-corrected chi connectivity index (χ2v) is 15.0. The van der Waals surface area contributed by atoms with E-state index in [-0.39, 0.29) is 28.9 Å². The highest BCUT2D eigenvalue weighted by molar-refractivity contribution is 6.31. The number of esters is 2. The quantitative estimate of drug-likeness (QED) is 0.0564. The number of benzene rings is 3. The third-order valence-electron chi connectivity index (χ3n) is 9.56. The van der Waals surface area contributed by atoms with Crippen LogP contribution in [-0.4, -0.2) is 22.2 Å². The largest absolute Gasteiger partial charge is 0.508 e. The molecule has 0 fully saturated rings. The normalized spacial score (nSPS) is 12.0. The molecule has 3 aromatic rings. The van der Waals surface area contributed by atoms with Crippen molar-refractivity contribution < 1.29 is 29.3 Å². The lowest BCUT2D eigenvalue weighted by Crippen LogP contribution is -2.26. The molecule has 0 spiro atoms. The first-order valence-electron chi connectivity index (χ1n) is 19.1. The van der Waals surface area contributed by atoms with Gasteiger partial charge in [0.2, 0.25) is 0 Å². The molecule has 0 aliphatic heterocycles. The zero-order chi connectivity index (χ0) is 36.8. The van der Waals surface area contributed by atoms with Crippen LogP contribution < -0.4 is 9.47 Å². The molecule has 0 radical (unpaired) electrons. The number of carbonyl (C=O) groups is 2. The van der Waals surface area contributed by atoms with Crippen molar-refractivity contribution in [1.29, 1.82) is 0 Å². The lowest BCUT2D eigenvalue weighted by Gasteiger charge is -2.19. The number of phenolic OH excluding ortho intramolecular Hbond substituents is 2. The van der Waals surface area contributed by atoms with Gasteiger partial charge >= 0.3 is 11.9 Å². The summed E-state index contributed by atoms with van der Waals surface area (Å²) in [5.74, 6) is -0.724. The number of hydrogen-bond donors (Lipinski definition) is 2. The first-order valence-corrected chi connectivity index (χ1v) is 19.1. The van der Waals surface area contributed by atoms with Crippen LogP contribution in [0.5, 0.6) is 23.0 Å². The molecule has 0 saturated carbocycles. The SMILES string of the molecule is CCCCCc1cc(O)c(CC[C@H](C)CCCC(C)C)c(OC(=O)C(=O)Oc2cc(CCCCC)cc(O)c2-c2cc(C)ccc2C(C)C)c1. The monoisotopic (exact) mass is 686 g/mol. The lowest BCUT2D eigenvalue weighted by atomic mass is 9.89. The molecule has 0 saturated heterocycles. The van der Waals surface area contributed by atoms with Gasteiger partial charge in [-0.15, -0.1) is 0 Å². The summed E-state index contributed by atoms with van der Waals surface area (Å²) in [6.45, 7) is 17.1. The van der Waals surface area contributed by atoms with E-state index in [9.17, 15) is 19.8 Å². The summed E-state index contributed by atoms with van der Waals surface area (Å²) in [5, 5.41) is 22.5. The Bertz CT molecular complexity index is 1550. The molecule has 0 aliphatic rings. The molecular formula is C44H62O6. The summed E-state index contributed by atoms with van der Waals surface area (Å²) in [4.78, 5) is 27.1. The predicted octanol–water partition coefficient (Wildman–Crippen LogP) is 11.6. The van der Waals surface area contributed by atoms with Gasteiger partial charge in [0.15, 0.2) is 0 Å². The van der Waals surface area contributed by atoms with Crippen molar-refractivity contribution in [3.8, 4) is 34.1 Å². The fourth-order valence-corrected chi connectivity index (χ4v) is 6.57. The number of aryl methyl sites for hydroxylation is 3. The van der Waals surface area contributed by atoms with Crippen molar-refractivity contribution in [3.63, 3.8) is 0 Å². The third-order valence-corrected chi connectivity index (χ3v) is 9.56. The van der Waals surface area contributed by atoms with Gasteiger partial charge in [-0.25, -0.2) is 9.59 Å². The van der Waals surface area contributed by atoms with Gasteiger partial charge < -0.3 is 19.7 Å². The summed E-state index contributed by atoms with van der Waals surface area (Å²) < 4.78 is 11.6. The van der Waals surface area contributed by atoms with Gasteiger partial charge in [0, 0.05) is 5.56 Å². The van der Waals surface area contributed by atoms with Gasteiger partial charge in [-0.3, -0.25) is 0 Å². The van der Waals surface area contributed by atoms with E-state index in [1.54, 1.807) is 24.3 Å². The van der Waals surface area contributed by atoms with Crippen LogP contribution in [0.15, 0.2) is 42.5 Å². The van der Waals surface area contributed by atoms with Crippen LogP contribution >= 0.6 is 0 Å². The molecule has 6 heteroatoms. The zero-order valence-electron chi connectivity index (χ0n) is 32.0. The number of phenols is 2. The minimum absolute atomic E-state index is 0.00262. The Kier molecular flexibility index (Phi) is 16.4. The number of rotatable bonds is 19. The molecule has 3 aromatic carbocycles. The van der Waals surface area contributed by atoms with Crippen molar-refractivity contribution in [1.82, 2.24) is 0 Å². The standard InChI is InChI=1S/C44H62O6/c1-9-11-13-18-33-25-38(45)36(23-20-31(7)17-15-16-29(3)4)40(27-33)49-43(47)44(48)50-41-28-34(19-14-12-10-2)26-39(46)42(41)37-24-32(8)21-22-35(37)30(5)6/h21-22,24-31,45-46H,9-20,23H2,1-8H3/t31-/m1/s1. The van der Waals surface area contributed by atoms with Crippen LogP contribution in [0, 0.1) is 18.8 Å². The fraction of sp³-hybridized carbons (Fsp3) is 0.545. The Morgan fingerprint density at radius 1 is 0.660 bits per heavy atom. The zero-order valence-corrected chi connectivity index (χ0v) is 32.0. The molecule has 6 nitrogen and oxygen atoms in total. The lowest BCUT2D eigenvalue weighted by molar-refractivity contribution is -0.156. The topological polar surface area (TPSA) is 93.1 Å². The fourth-order valence-electron chi connectivity index (χ4n) is 6.57. The molecule has 0 aromatic heterocycles. The second-order valence-electron chi connectivity index (χ2n) is 15.0. The first-order chi connectivity index (χ1) is 23.8. The van der Waals surface area contributed by atoms with Crippen LogP contribution in [0.4, 0.5) is 0 Å². The maximum absolute atomic E-state index is 13.6. The average molecular weight is 687 g/mol. The van der Waals surface area contributed by atoms with E-state index >= 15 is 0 Å². The number of carbonyl (C=O) groups excluding carboxylic acids is 2.